The van der Waals surface area contributed by atoms with Gasteiger partial charge >= 0.3 is 5.97 Å². The van der Waals surface area contributed by atoms with Gasteiger partial charge in [0, 0.05) is 5.70 Å². The van der Waals surface area contributed by atoms with E-state index >= 15 is 0 Å². The van der Waals surface area contributed by atoms with Gasteiger partial charge in [-0.2, -0.15) is 0 Å². The fraction of sp³-hybridized carbons (Fsp3) is 0.400. The van der Waals surface area contributed by atoms with Crippen molar-refractivity contribution >= 4 is 17.9 Å². The summed E-state index contributed by atoms with van der Waals surface area (Å²) in [6.07, 6.45) is 0.506. The first-order valence-corrected chi connectivity index (χ1v) is 3.60. The van der Waals surface area contributed by atoms with Crippen LogP contribution in [0.5, 0.6) is 0 Å². The van der Waals surface area contributed by atoms with Crippen LogP contribution in [0.25, 0.3) is 0 Å². The van der Waals surface area contributed by atoms with Gasteiger partial charge in [-0.1, -0.05) is 6.92 Å². The predicted molar refractivity (Wildman–Crippen MR) is 40.9 cm³/mol. The van der Waals surface area contributed by atoms with E-state index < -0.39 is 5.97 Å². The number of rotatable bonds is 3. The third-order valence-electron chi connectivity index (χ3n) is 0.985. The lowest BCUT2D eigenvalue weighted by Crippen LogP contribution is -2.08. The second-order valence-corrected chi connectivity index (χ2v) is 2.27. The zero-order valence-corrected chi connectivity index (χ0v) is 6.44. The minimum atomic E-state index is -1.06. The number of aliphatic carboxylic acids is 1. The average molecular weight is 162 g/mol. The van der Waals surface area contributed by atoms with E-state index in [0.717, 1.165) is 0 Å². The number of carboxylic acid groups (broad SMARTS) is 1. The van der Waals surface area contributed by atoms with E-state index in [4.69, 9.17) is 16.0 Å². The van der Waals surface area contributed by atoms with Gasteiger partial charge in [0.15, 0.2) is 0 Å². The quantitative estimate of drug-likeness (QED) is 0.409. The maximum absolute atomic E-state index is 10.3. The van der Waals surface area contributed by atoms with E-state index in [1.807, 2.05) is 0 Å². The molecule has 5 heteroatoms. The summed E-state index contributed by atoms with van der Waals surface area (Å²) in [7, 11) is 0. The van der Waals surface area contributed by atoms with Crippen LogP contribution in [0, 0.1) is 0 Å². The molecule has 0 heterocycles. The van der Waals surface area contributed by atoms with Gasteiger partial charge in [0.25, 0.3) is 0 Å². The molecule has 0 saturated heterocycles. The minimum Gasteiger partial charge on any atom is -0.477 e. The Morgan fingerprint density at radius 1 is 1.70 bits per heavy atom. The monoisotopic (exact) mass is 162 g/mol. The molecule has 0 aliphatic rings. The number of carbonyl (C=O) groups is 1. The smallest absolute Gasteiger partial charge is 0.345 e. The summed E-state index contributed by atoms with van der Waals surface area (Å²) < 4.78 is 0. The Labute approximate surface area is 63.4 Å². The van der Waals surface area contributed by atoms with Crippen LogP contribution < -0.4 is 10.9 Å². The van der Waals surface area contributed by atoms with Crippen LogP contribution in [0.1, 0.15) is 13.3 Å². The van der Waals surface area contributed by atoms with Crippen molar-refractivity contribution in [3.05, 3.63) is 10.6 Å². The van der Waals surface area contributed by atoms with Crippen molar-refractivity contribution in [3.63, 3.8) is 0 Å². The molecule has 5 N–H and O–H groups in total. The second kappa shape index (κ2) is 4.19. The molecule has 58 valence electrons. The Morgan fingerprint density at radius 2 is 2.20 bits per heavy atom. The van der Waals surface area contributed by atoms with Crippen molar-refractivity contribution in [1.29, 1.82) is 0 Å². The molecule has 0 bridgehead atoms. The molecule has 0 fully saturated rings. The first-order valence-electron chi connectivity index (χ1n) is 2.72. The summed E-state index contributed by atoms with van der Waals surface area (Å²) in [5.74, 6) is -1.06. The third kappa shape index (κ3) is 2.28. The Morgan fingerprint density at radius 3 is 2.30 bits per heavy atom. The topological polar surface area (TPSA) is 89.3 Å². The minimum absolute atomic E-state index is 0.0301. The average Bonchev–Trinajstić information content (AvgIpc) is 1.88. The number of nitrogens with two attached hydrogens (primary N) is 2. The zero-order valence-electron chi connectivity index (χ0n) is 5.63. The van der Waals surface area contributed by atoms with Crippen molar-refractivity contribution in [3.8, 4) is 0 Å². The molecular weight excluding hydrogens is 152 g/mol. The summed E-state index contributed by atoms with van der Waals surface area (Å²) in [6, 6.07) is 0. The molecule has 4 nitrogen and oxygen atoms in total. The van der Waals surface area contributed by atoms with Crippen LogP contribution in [0.2, 0.25) is 0 Å². The van der Waals surface area contributed by atoms with E-state index in [0.29, 0.717) is 24.1 Å². The largest absolute Gasteiger partial charge is 0.477 e. The summed E-state index contributed by atoms with van der Waals surface area (Å²) in [5.41, 5.74) is 5.65. The van der Waals surface area contributed by atoms with Crippen molar-refractivity contribution in [2.45, 2.75) is 13.3 Å². The maximum atomic E-state index is 10.3. The fourth-order valence-electron chi connectivity index (χ4n) is 0.424. The Bertz CT molecular complexity index is 167. The third-order valence-corrected chi connectivity index (χ3v) is 1.66. The van der Waals surface area contributed by atoms with E-state index in [1.54, 1.807) is 6.92 Å². The van der Waals surface area contributed by atoms with Crippen molar-refractivity contribution in [1.82, 2.24) is 0 Å². The standard InChI is InChI=1S/C5H10N2O2S/c1-2-3(6)4(10-7)5(8)9/h2,6-7H2,1H3,(H,8,9)/b4-3-. The highest BCUT2D eigenvalue weighted by atomic mass is 32.2. The van der Waals surface area contributed by atoms with Crippen LogP contribution in [0.3, 0.4) is 0 Å². The van der Waals surface area contributed by atoms with Gasteiger partial charge < -0.3 is 10.8 Å². The summed E-state index contributed by atoms with van der Waals surface area (Å²) >= 11 is 0.666. The van der Waals surface area contributed by atoms with Gasteiger partial charge in [-0.25, -0.2) is 4.79 Å². The molecule has 0 rings (SSSR count). The van der Waals surface area contributed by atoms with E-state index in [2.05, 4.69) is 0 Å². The molecule has 0 radical (unpaired) electrons. The zero-order chi connectivity index (χ0) is 8.15. The van der Waals surface area contributed by atoms with Gasteiger partial charge in [-0.3, -0.25) is 5.14 Å². The highest BCUT2D eigenvalue weighted by Gasteiger charge is 2.09. The van der Waals surface area contributed by atoms with Gasteiger partial charge in [0.05, 0.1) is 0 Å². The number of hydrogen-bond donors (Lipinski definition) is 3. The summed E-state index contributed by atoms with van der Waals surface area (Å²) in [5, 5.41) is 13.5. The first-order chi connectivity index (χ1) is 4.63. The molecular formula is C5H10N2O2S. The van der Waals surface area contributed by atoms with Crippen LogP contribution in [-0.2, 0) is 4.79 Å². The lowest BCUT2D eigenvalue weighted by molar-refractivity contribution is -0.131. The van der Waals surface area contributed by atoms with Gasteiger partial charge in [0.1, 0.15) is 4.91 Å². The lowest BCUT2D eigenvalue weighted by atomic mass is 10.3. The molecule has 0 aliphatic heterocycles. The van der Waals surface area contributed by atoms with Crippen molar-refractivity contribution in [2.75, 3.05) is 0 Å². The Kier molecular flexibility index (Phi) is 3.90. The molecule has 0 aromatic rings. The normalized spacial score (nSPS) is 12.6. The van der Waals surface area contributed by atoms with Crippen LogP contribution in [0.4, 0.5) is 0 Å². The van der Waals surface area contributed by atoms with Gasteiger partial charge in [-0.15, -0.1) is 0 Å². The van der Waals surface area contributed by atoms with Crippen molar-refractivity contribution in [2.24, 2.45) is 10.9 Å². The predicted octanol–water partition coefficient (Wildman–Crippen LogP) is 0.258. The number of allylic oxidation sites excluding steroid dienone is 1. The molecule has 0 aliphatic carbocycles. The SMILES string of the molecule is CC/C(N)=C(/SN)C(=O)O. The van der Waals surface area contributed by atoms with Crippen molar-refractivity contribution < 1.29 is 9.90 Å². The van der Waals surface area contributed by atoms with E-state index in [-0.39, 0.29) is 4.91 Å². The van der Waals surface area contributed by atoms with E-state index in [1.165, 1.54) is 0 Å². The van der Waals surface area contributed by atoms with Crippen LogP contribution >= 0.6 is 11.9 Å². The molecule has 0 saturated carbocycles. The molecule has 0 atom stereocenters. The number of carboxylic acids is 1. The van der Waals surface area contributed by atoms with Crippen LogP contribution in [-0.4, -0.2) is 11.1 Å². The highest BCUT2D eigenvalue weighted by molar-refractivity contribution is 8.01. The Balaban J connectivity index is 4.45. The molecule has 0 unspecified atom stereocenters. The summed E-state index contributed by atoms with van der Waals surface area (Å²) in [6.45, 7) is 1.77. The fourth-order valence-corrected chi connectivity index (χ4v) is 0.821. The first kappa shape index (κ1) is 9.32. The van der Waals surface area contributed by atoms with Gasteiger partial charge in [0.2, 0.25) is 0 Å². The highest BCUT2D eigenvalue weighted by Crippen LogP contribution is 2.12. The molecule has 0 aromatic carbocycles. The second-order valence-electron chi connectivity index (χ2n) is 1.63. The summed E-state index contributed by atoms with van der Waals surface area (Å²) in [4.78, 5) is 10.3. The maximum Gasteiger partial charge on any atom is 0.345 e. The molecule has 0 spiro atoms. The van der Waals surface area contributed by atoms with Crippen LogP contribution in [0.15, 0.2) is 10.6 Å². The Hall–Kier alpha value is -0.680. The molecule has 0 aromatic heterocycles. The number of hydrogen-bond acceptors (Lipinski definition) is 4. The molecule has 0 amide bonds. The van der Waals surface area contributed by atoms with Gasteiger partial charge in [-0.05, 0) is 18.4 Å². The van der Waals surface area contributed by atoms with E-state index in [9.17, 15) is 4.79 Å². The lowest BCUT2D eigenvalue weighted by Gasteiger charge is -2.00. The molecule has 10 heavy (non-hydrogen) atoms.